The Morgan fingerprint density at radius 1 is 1.27 bits per heavy atom. The number of carbonyl (C=O) groups is 1. The molecule has 0 spiro atoms. The van der Waals surface area contributed by atoms with Crippen LogP contribution in [0.3, 0.4) is 0 Å². The van der Waals surface area contributed by atoms with E-state index in [2.05, 4.69) is 37.2 Å². The first-order chi connectivity index (χ1) is 12.5. The summed E-state index contributed by atoms with van der Waals surface area (Å²) in [5, 5.41) is 12.1. The summed E-state index contributed by atoms with van der Waals surface area (Å²) < 4.78 is 12.1. The van der Waals surface area contributed by atoms with Crippen LogP contribution < -0.4 is 14.8 Å². The standard InChI is InChI=1S/C19H16Br2N2O3/c1-3-26-15-6-4-5-14(10-15)23-19(24)13(11-22)7-12-8-16(20)18(25-2)17(21)9-12/h4-10H,3H2,1-2H3,(H,23,24)/b13-7+. The van der Waals surface area contributed by atoms with Crippen molar-refractivity contribution in [1.29, 1.82) is 5.26 Å². The Kier molecular flexibility index (Phi) is 7.25. The number of nitrogens with one attached hydrogen (secondary N) is 1. The Hall–Kier alpha value is -2.30. The number of hydrogen-bond donors (Lipinski definition) is 1. The van der Waals surface area contributed by atoms with Crippen LogP contribution in [0.15, 0.2) is 50.9 Å². The van der Waals surface area contributed by atoms with E-state index in [1.165, 1.54) is 6.08 Å². The van der Waals surface area contributed by atoms with Gasteiger partial charge in [0.15, 0.2) is 0 Å². The highest BCUT2D eigenvalue weighted by molar-refractivity contribution is 9.11. The number of ether oxygens (including phenoxy) is 2. The zero-order valence-electron chi connectivity index (χ0n) is 14.2. The Balaban J connectivity index is 2.25. The van der Waals surface area contributed by atoms with Crippen LogP contribution in [0.5, 0.6) is 11.5 Å². The number of anilines is 1. The molecule has 0 saturated carbocycles. The van der Waals surface area contributed by atoms with Crippen LogP contribution in [-0.2, 0) is 4.79 Å². The molecule has 0 fully saturated rings. The van der Waals surface area contributed by atoms with Crippen molar-refractivity contribution in [2.24, 2.45) is 0 Å². The maximum atomic E-state index is 12.4. The van der Waals surface area contributed by atoms with Gasteiger partial charge in [-0.25, -0.2) is 0 Å². The van der Waals surface area contributed by atoms with E-state index in [-0.39, 0.29) is 5.57 Å². The van der Waals surface area contributed by atoms with Crippen molar-refractivity contribution >= 4 is 49.5 Å². The molecule has 0 heterocycles. The fourth-order valence-electron chi connectivity index (χ4n) is 2.20. The highest BCUT2D eigenvalue weighted by Gasteiger charge is 2.12. The largest absolute Gasteiger partial charge is 0.494 e. The molecule has 2 rings (SSSR count). The Labute approximate surface area is 168 Å². The molecule has 0 aliphatic heterocycles. The van der Waals surface area contributed by atoms with E-state index in [4.69, 9.17) is 9.47 Å². The summed E-state index contributed by atoms with van der Waals surface area (Å²) in [5.74, 6) is 0.790. The van der Waals surface area contributed by atoms with Gasteiger partial charge < -0.3 is 14.8 Å². The van der Waals surface area contributed by atoms with Crippen LogP contribution in [0.2, 0.25) is 0 Å². The fraction of sp³-hybridized carbons (Fsp3) is 0.158. The lowest BCUT2D eigenvalue weighted by molar-refractivity contribution is -0.112. The Bertz CT molecular complexity index is 866. The van der Waals surface area contributed by atoms with Gasteiger partial charge in [-0.3, -0.25) is 4.79 Å². The number of nitrogens with zero attached hydrogens (tertiary/aromatic N) is 1. The predicted octanol–water partition coefficient (Wildman–Crippen LogP) is 5.16. The third-order valence-electron chi connectivity index (χ3n) is 3.30. The van der Waals surface area contributed by atoms with Crippen molar-refractivity contribution in [3.63, 3.8) is 0 Å². The molecule has 0 saturated heterocycles. The zero-order valence-corrected chi connectivity index (χ0v) is 17.3. The highest BCUT2D eigenvalue weighted by atomic mass is 79.9. The van der Waals surface area contributed by atoms with Gasteiger partial charge in [0, 0.05) is 11.8 Å². The predicted molar refractivity (Wildman–Crippen MR) is 108 cm³/mol. The molecule has 2 aromatic rings. The first kappa shape index (κ1) is 20.0. The summed E-state index contributed by atoms with van der Waals surface area (Å²) in [6, 6.07) is 12.5. The van der Waals surface area contributed by atoms with Crippen molar-refractivity contribution in [2.75, 3.05) is 19.0 Å². The van der Waals surface area contributed by atoms with Crippen molar-refractivity contribution in [3.8, 4) is 17.6 Å². The minimum Gasteiger partial charge on any atom is -0.494 e. The highest BCUT2D eigenvalue weighted by Crippen LogP contribution is 2.35. The number of rotatable bonds is 6. The molecule has 0 atom stereocenters. The SMILES string of the molecule is CCOc1cccc(NC(=O)/C(C#N)=C/c2cc(Br)c(OC)c(Br)c2)c1. The van der Waals surface area contributed by atoms with Crippen LogP contribution >= 0.6 is 31.9 Å². The Morgan fingerprint density at radius 2 is 1.96 bits per heavy atom. The number of carbonyl (C=O) groups excluding carboxylic acids is 1. The quantitative estimate of drug-likeness (QED) is 0.458. The molecule has 0 aliphatic carbocycles. The van der Waals surface area contributed by atoms with Gasteiger partial charge in [0.05, 0.1) is 22.7 Å². The van der Waals surface area contributed by atoms with Crippen LogP contribution in [-0.4, -0.2) is 19.6 Å². The van der Waals surface area contributed by atoms with E-state index in [1.807, 2.05) is 13.0 Å². The second kappa shape index (κ2) is 9.41. The molecule has 5 nitrogen and oxygen atoms in total. The van der Waals surface area contributed by atoms with Gasteiger partial charge >= 0.3 is 0 Å². The van der Waals surface area contributed by atoms with Crippen molar-refractivity contribution in [3.05, 3.63) is 56.5 Å². The first-order valence-electron chi connectivity index (χ1n) is 7.67. The third-order valence-corrected chi connectivity index (χ3v) is 4.48. The molecular weight excluding hydrogens is 464 g/mol. The van der Waals surface area contributed by atoms with Gasteiger partial charge in [0.25, 0.3) is 5.91 Å². The Morgan fingerprint density at radius 3 is 2.54 bits per heavy atom. The van der Waals surface area contributed by atoms with E-state index in [0.717, 1.165) is 0 Å². The lowest BCUT2D eigenvalue weighted by Crippen LogP contribution is -2.13. The van der Waals surface area contributed by atoms with E-state index in [9.17, 15) is 10.1 Å². The average Bonchev–Trinajstić information content (AvgIpc) is 2.60. The topological polar surface area (TPSA) is 71.3 Å². The number of amides is 1. The molecule has 1 amide bonds. The summed E-state index contributed by atoms with van der Waals surface area (Å²) in [6.07, 6.45) is 1.51. The second-order valence-corrected chi connectivity index (χ2v) is 6.81. The maximum Gasteiger partial charge on any atom is 0.266 e. The van der Waals surface area contributed by atoms with Crippen LogP contribution in [0.25, 0.3) is 6.08 Å². The summed E-state index contributed by atoms with van der Waals surface area (Å²) in [6.45, 7) is 2.41. The number of methoxy groups -OCH3 is 1. The normalized spacial score (nSPS) is 10.8. The molecule has 7 heteroatoms. The second-order valence-electron chi connectivity index (χ2n) is 5.10. The van der Waals surface area contributed by atoms with Gasteiger partial charge in [0.1, 0.15) is 23.1 Å². The van der Waals surface area contributed by atoms with Gasteiger partial charge in [0.2, 0.25) is 0 Å². The number of halogens is 2. The fourth-order valence-corrected chi connectivity index (χ4v) is 3.75. The molecular formula is C19H16Br2N2O3. The minimum absolute atomic E-state index is 0.0178. The zero-order chi connectivity index (χ0) is 19.1. The van der Waals surface area contributed by atoms with Gasteiger partial charge in [-0.1, -0.05) is 6.07 Å². The monoisotopic (exact) mass is 478 g/mol. The molecule has 0 bridgehead atoms. The van der Waals surface area contributed by atoms with E-state index in [1.54, 1.807) is 43.5 Å². The first-order valence-corrected chi connectivity index (χ1v) is 9.26. The van der Waals surface area contributed by atoms with E-state index >= 15 is 0 Å². The lowest BCUT2D eigenvalue weighted by atomic mass is 10.1. The molecule has 1 N–H and O–H groups in total. The van der Waals surface area contributed by atoms with Gasteiger partial charge in [-0.15, -0.1) is 0 Å². The van der Waals surface area contributed by atoms with Crippen LogP contribution in [0.4, 0.5) is 5.69 Å². The summed E-state index contributed by atoms with van der Waals surface area (Å²) >= 11 is 6.80. The molecule has 134 valence electrons. The smallest absolute Gasteiger partial charge is 0.266 e. The van der Waals surface area contributed by atoms with Crippen LogP contribution in [0, 0.1) is 11.3 Å². The number of nitriles is 1. The van der Waals surface area contributed by atoms with Crippen LogP contribution in [0.1, 0.15) is 12.5 Å². The molecule has 26 heavy (non-hydrogen) atoms. The molecule has 0 aromatic heterocycles. The maximum absolute atomic E-state index is 12.4. The van der Waals surface area contributed by atoms with Crippen molar-refractivity contribution in [1.82, 2.24) is 0 Å². The third kappa shape index (κ3) is 5.10. The molecule has 2 aromatic carbocycles. The number of hydrogen-bond acceptors (Lipinski definition) is 4. The molecule has 0 aliphatic rings. The van der Waals surface area contributed by atoms with Gasteiger partial charge in [-0.2, -0.15) is 5.26 Å². The average molecular weight is 480 g/mol. The van der Waals surface area contributed by atoms with Crippen molar-refractivity contribution in [2.45, 2.75) is 6.92 Å². The number of benzene rings is 2. The summed E-state index contributed by atoms with van der Waals surface area (Å²) in [7, 11) is 1.56. The molecule has 0 unspecified atom stereocenters. The van der Waals surface area contributed by atoms with Crippen molar-refractivity contribution < 1.29 is 14.3 Å². The minimum atomic E-state index is -0.496. The summed E-state index contributed by atoms with van der Waals surface area (Å²) in [4.78, 5) is 12.4. The summed E-state index contributed by atoms with van der Waals surface area (Å²) in [5.41, 5.74) is 1.22. The molecule has 0 radical (unpaired) electrons. The lowest BCUT2D eigenvalue weighted by Gasteiger charge is -2.09. The van der Waals surface area contributed by atoms with E-state index in [0.29, 0.717) is 38.3 Å². The van der Waals surface area contributed by atoms with E-state index < -0.39 is 5.91 Å². The van der Waals surface area contributed by atoms with Gasteiger partial charge in [-0.05, 0) is 74.7 Å².